The van der Waals surface area contributed by atoms with Crippen LogP contribution >= 0.6 is 11.6 Å². The van der Waals surface area contributed by atoms with Gasteiger partial charge in [0.1, 0.15) is 11.8 Å². The number of hydrogen-bond acceptors (Lipinski definition) is 3. The van der Waals surface area contributed by atoms with Gasteiger partial charge in [-0.2, -0.15) is 14.0 Å². The molecule has 0 fully saturated rings. The summed E-state index contributed by atoms with van der Waals surface area (Å²) >= 11 is 6.20. The van der Waals surface area contributed by atoms with Gasteiger partial charge in [-0.05, 0) is 18.2 Å². The lowest BCUT2D eigenvalue weighted by molar-refractivity contribution is -0.0500. The Kier molecular flexibility index (Phi) is 4.85. The minimum Gasteiger partial charge on any atom is -0.434 e. The summed E-state index contributed by atoms with van der Waals surface area (Å²) in [5.74, 6) is -0.0888. The van der Waals surface area contributed by atoms with E-state index in [1.165, 1.54) is 18.3 Å². The van der Waals surface area contributed by atoms with Gasteiger partial charge in [0.15, 0.2) is 0 Å². The average molecular weight is 307 g/mol. The fourth-order valence-corrected chi connectivity index (χ4v) is 2.04. The Labute approximate surface area is 125 Å². The molecule has 0 radical (unpaired) electrons. The zero-order valence-electron chi connectivity index (χ0n) is 10.6. The highest BCUT2D eigenvalue weighted by atomic mass is 35.5. The lowest BCUT2D eigenvalue weighted by Gasteiger charge is -2.11. The van der Waals surface area contributed by atoms with Crippen molar-refractivity contribution < 1.29 is 13.5 Å². The maximum absolute atomic E-state index is 12.4. The van der Waals surface area contributed by atoms with Crippen molar-refractivity contribution in [3.8, 4) is 11.8 Å². The van der Waals surface area contributed by atoms with E-state index in [4.69, 9.17) is 11.6 Å². The molecule has 2 aromatic rings. The zero-order chi connectivity index (χ0) is 15.2. The van der Waals surface area contributed by atoms with E-state index in [1.807, 2.05) is 6.07 Å². The third-order valence-corrected chi connectivity index (χ3v) is 3.01. The number of alkyl halides is 2. The van der Waals surface area contributed by atoms with Crippen LogP contribution in [-0.2, 0) is 0 Å². The van der Waals surface area contributed by atoms with Crippen LogP contribution in [0.4, 0.5) is 8.78 Å². The number of halogens is 3. The molecule has 106 valence electrons. The van der Waals surface area contributed by atoms with Gasteiger partial charge in [-0.25, -0.2) is 0 Å². The van der Waals surface area contributed by atoms with Gasteiger partial charge in [0.05, 0.1) is 10.6 Å². The fraction of sp³-hybridized carbons (Fsp3) is 0.0667. The summed E-state index contributed by atoms with van der Waals surface area (Å²) in [7, 11) is 0. The van der Waals surface area contributed by atoms with Crippen molar-refractivity contribution in [2.45, 2.75) is 6.61 Å². The second-order valence-corrected chi connectivity index (χ2v) is 4.30. The molecule has 0 amide bonds. The molecular formula is C15H9ClF2N2O. The number of allylic oxidation sites excluding steroid dienone is 1. The number of ether oxygens (including phenoxy) is 1. The van der Waals surface area contributed by atoms with Gasteiger partial charge >= 0.3 is 6.61 Å². The monoisotopic (exact) mass is 306 g/mol. The van der Waals surface area contributed by atoms with Crippen LogP contribution in [0.2, 0.25) is 0 Å². The summed E-state index contributed by atoms with van der Waals surface area (Å²) < 4.78 is 29.2. The summed E-state index contributed by atoms with van der Waals surface area (Å²) in [5.41, 5.74) is 0.854. The summed E-state index contributed by atoms with van der Waals surface area (Å²) in [6.45, 7) is -2.97. The van der Waals surface area contributed by atoms with Crippen LogP contribution in [-0.4, -0.2) is 11.6 Å². The Balaban J connectivity index is 2.54. The van der Waals surface area contributed by atoms with Crippen molar-refractivity contribution in [3.63, 3.8) is 0 Å². The Hall–Kier alpha value is -2.45. The first-order chi connectivity index (χ1) is 10.1. The molecule has 1 heterocycles. The third kappa shape index (κ3) is 3.56. The van der Waals surface area contributed by atoms with Gasteiger partial charge in [-0.1, -0.05) is 29.8 Å². The Morgan fingerprint density at radius 2 is 2.00 bits per heavy atom. The van der Waals surface area contributed by atoms with Crippen molar-refractivity contribution in [2.75, 3.05) is 0 Å². The van der Waals surface area contributed by atoms with Gasteiger partial charge in [-0.15, -0.1) is 0 Å². The zero-order valence-corrected chi connectivity index (χ0v) is 11.4. The quantitative estimate of drug-likeness (QED) is 0.791. The molecule has 0 spiro atoms. The fourth-order valence-electron chi connectivity index (χ4n) is 1.73. The van der Waals surface area contributed by atoms with Crippen LogP contribution in [0.1, 0.15) is 11.1 Å². The summed E-state index contributed by atoms with van der Waals surface area (Å²) in [4.78, 5) is 3.91. The van der Waals surface area contributed by atoms with Gasteiger partial charge in [0.25, 0.3) is 0 Å². The Bertz CT molecular complexity index is 696. The second kappa shape index (κ2) is 6.82. The van der Waals surface area contributed by atoms with E-state index in [9.17, 15) is 14.0 Å². The molecule has 0 aliphatic rings. The second-order valence-electron chi connectivity index (χ2n) is 3.92. The minimum atomic E-state index is -2.97. The average Bonchev–Trinajstić information content (AvgIpc) is 2.49. The third-order valence-electron chi connectivity index (χ3n) is 2.62. The van der Waals surface area contributed by atoms with Crippen LogP contribution in [0.25, 0.3) is 10.6 Å². The number of hydrogen-bond donors (Lipinski definition) is 0. The number of nitrogens with zero attached hydrogens (tertiary/aromatic N) is 2. The van der Waals surface area contributed by atoms with Crippen LogP contribution < -0.4 is 4.74 Å². The van der Waals surface area contributed by atoms with Crippen molar-refractivity contribution in [1.29, 1.82) is 5.26 Å². The largest absolute Gasteiger partial charge is 0.434 e. The number of rotatable bonds is 4. The van der Waals surface area contributed by atoms with Crippen LogP contribution in [0.15, 0.2) is 48.8 Å². The smallest absolute Gasteiger partial charge is 0.387 e. The maximum atomic E-state index is 12.4. The van der Waals surface area contributed by atoms with E-state index in [2.05, 4.69) is 9.72 Å². The molecule has 1 aromatic carbocycles. The van der Waals surface area contributed by atoms with E-state index in [1.54, 1.807) is 30.5 Å². The molecule has 6 heteroatoms. The van der Waals surface area contributed by atoms with Gasteiger partial charge < -0.3 is 4.74 Å². The molecular weight excluding hydrogens is 298 g/mol. The first-order valence-corrected chi connectivity index (χ1v) is 6.25. The lowest BCUT2D eigenvalue weighted by Crippen LogP contribution is -2.03. The first kappa shape index (κ1) is 14.9. The molecule has 0 saturated heterocycles. The molecule has 21 heavy (non-hydrogen) atoms. The molecule has 0 aliphatic carbocycles. The highest BCUT2D eigenvalue weighted by Gasteiger charge is 2.16. The van der Waals surface area contributed by atoms with Gasteiger partial charge in [0, 0.05) is 23.5 Å². The number of benzene rings is 1. The van der Waals surface area contributed by atoms with Crippen LogP contribution in [0.3, 0.4) is 0 Å². The molecule has 0 N–H and O–H groups in total. The summed E-state index contributed by atoms with van der Waals surface area (Å²) in [5, 5.41) is 9.30. The van der Waals surface area contributed by atoms with Crippen molar-refractivity contribution in [3.05, 3.63) is 59.9 Å². The molecule has 0 bridgehead atoms. The predicted molar refractivity (Wildman–Crippen MR) is 75.6 cm³/mol. The highest BCUT2D eigenvalue weighted by Crippen LogP contribution is 2.35. The van der Waals surface area contributed by atoms with Crippen molar-refractivity contribution in [2.24, 2.45) is 0 Å². The molecule has 0 saturated carbocycles. The number of para-hydroxylation sites is 1. The molecule has 0 aliphatic heterocycles. The van der Waals surface area contributed by atoms with E-state index in [-0.39, 0.29) is 21.9 Å². The Morgan fingerprint density at radius 1 is 1.24 bits per heavy atom. The normalized spacial score (nSPS) is 11.8. The van der Waals surface area contributed by atoms with Crippen molar-refractivity contribution >= 4 is 22.2 Å². The predicted octanol–water partition coefficient (Wildman–Crippen LogP) is 4.31. The van der Waals surface area contributed by atoms with Crippen molar-refractivity contribution in [1.82, 2.24) is 4.98 Å². The number of pyridine rings is 1. The summed E-state index contributed by atoms with van der Waals surface area (Å²) in [6, 6.07) is 11.3. The van der Waals surface area contributed by atoms with Gasteiger partial charge in [0.2, 0.25) is 0 Å². The van der Waals surface area contributed by atoms with E-state index >= 15 is 0 Å². The lowest BCUT2D eigenvalue weighted by atomic mass is 10.0. The standard InChI is InChI=1S/C15H9ClF2N2O/c16-14(12(8-19)10-4-3-7-20-9-10)11-5-1-2-6-13(11)21-15(17)18/h1-7,9,15H/b14-12+. The van der Waals surface area contributed by atoms with Crippen LogP contribution in [0, 0.1) is 11.3 Å². The SMILES string of the molecule is N#C/C(=C(\Cl)c1ccccc1OC(F)F)c1cccnc1. The minimum absolute atomic E-state index is 0.0294. The molecule has 0 atom stereocenters. The highest BCUT2D eigenvalue weighted by molar-refractivity contribution is 6.53. The van der Waals surface area contributed by atoms with Gasteiger partial charge in [-0.3, -0.25) is 4.98 Å². The summed E-state index contributed by atoms with van der Waals surface area (Å²) in [6.07, 6.45) is 3.03. The number of aromatic nitrogens is 1. The maximum Gasteiger partial charge on any atom is 0.387 e. The molecule has 0 unspecified atom stereocenters. The number of nitriles is 1. The van der Waals surface area contributed by atoms with E-state index in [0.717, 1.165) is 0 Å². The first-order valence-electron chi connectivity index (χ1n) is 5.88. The molecule has 3 nitrogen and oxygen atoms in total. The van der Waals surface area contributed by atoms with E-state index in [0.29, 0.717) is 5.56 Å². The molecule has 1 aromatic heterocycles. The molecule has 2 rings (SSSR count). The topological polar surface area (TPSA) is 45.9 Å². The van der Waals surface area contributed by atoms with Crippen LogP contribution in [0.5, 0.6) is 5.75 Å². The van der Waals surface area contributed by atoms with E-state index < -0.39 is 6.61 Å². The Morgan fingerprint density at radius 3 is 2.62 bits per heavy atom.